The first-order valence-electron chi connectivity index (χ1n) is 6.06. The molecule has 5 nitrogen and oxygen atoms in total. The fourth-order valence-electron chi connectivity index (χ4n) is 2.22. The van der Waals surface area contributed by atoms with Crippen LogP contribution in [0, 0.1) is 17.6 Å². The summed E-state index contributed by atoms with van der Waals surface area (Å²) >= 11 is 0. The molecule has 0 spiro atoms. The molecule has 1 aromatic rings. The van der Waals surface area contributed by atoms with Gasteiger partial charge in [0, 0.05) is 19.2 Å². The van der Waals surface area contributed by atoms with Crippen molar-refractivity contribution < 1.29 is 22.0 Å². The molecule has 1 aliphatic rings. The van der Waals surface area contributed by atoms with Gasteiger partial charge in [0.25, 0.3) is 0 Å². The molecule has 1 amide bonds. The third kappa shape index (κ3) is 2.96. The number of amides is 1. The minimum absolute atomic E-state index is 0.0597. The maximum absolute atomic E-state index is 13.1. The predicted molar refractivity (Wildman–Crippen MR) is 67.0 cm³/mol. The molecule has 8 heteroatoms. The van der Waals surface area contributed by atoms with E-state index in [1.165, 1.54) is 0 Å². The quantitative estimate of drug-likeness (QED) is 0.899. The zero-order chi connectivity index (χ0) is 14.9. The molecule has 0 saturated carbocycles. The lowest BCUT2D eigenvalue weighted by Crippen LogP contribution is -2.44. The van der Waals surface area contributed by atoms with Gasteiger partial charge in [0.1, 0.15) is 11.6 Å². The highest BCUT2D eigenvalue weighted by Gasteiger charge is 2.32. The molecule has 0 radical (unpaired) electrons. The first kappa shape index (κ1) is 14.9. The Hall–Kier alpha value is -1.54. The Morgan fingerprint density at radius 1 is 1.25 bits per heavy atom. The second kappa shape index (κ2) is 5.45. The normalized spacial score (nSPS) is 20.8. The lowest BCUT2D eigenvalue weighted by atomic mass is 9.99. The van der Waals surface area contributed by atoms with E-state index in [1.54, 1.807) is 0 Å². The number of rotatable bonds is 3. The van der Waals surface area contributed by atoms with Gasteiger partial charge in [-0.05, 0) is 25.0 Å². The molecule has 1 atom stereocenters. The van der Waals surface area contributed by atoms with Crippen LogP contribution >= 0.6 is 0 Å². The van der Waals surface area contributed by atoms with Gasteiger partial charge in [0.05, 0.1) is 10.8 Å². The van der Waals surface area contributed by atoms with Crippen molar-refractivity contribution in [3.05, 3.63) is 29.8 Å². The standard InChI is InChI=1S/C12H14F2N2O3S/c13-9-4-10(14)6-11(5-9)20(18,19)16-3-1-2-8(7-16)12(15)17/h4-6,8H,1-3,7H2,(H2,15,17)/t8-/m0/s1. The third-order valence-electron chi connectivity index (χ3n) is 3.26. The Balaban J connectivity index is 2.32. The van der Waals surface area contributed by atoms with Gasteiger partial charge in [-0.15, -0.1) is 0 Å². The molecule has 2 rings (SSSR count). The number of benzene rings is 1. The van der Waals surface area contributed by atoms with Gasteiger partial charge < -0.3 is 5.73 Å². The number of carbonyl (C=O) groups excluding carboxylic acids is 1. The molecule has 0 bridgehead atoms. The second-order valence-electron chi connectivity index (χ2n) is 4.71. The summed E-state index contributed by atoms with van der Waals surface area (Å²) in [6, 6.07) is 2.11. The Morgan fingerprint density at radius 2 is 1.85 bits per heavy atom. The van der Waals surface area contributed by atoms with Gasteiger partial charge in [0.15, 0.2) is 0 Å². The molecular formula is C12H14F2N2O3S. The molecule has 0 aliphatic carbocycles. The number of hydrogen-bond donors (Lipinski definition) is 1. The number of piperidine rings is 1. The van der Waals surface area contributed by atoms with Crippen molar-refractivity contribution >= 4 is 15.9 Å². The number of hydrogen-bond acceptors (Lipinski definition) is 3. The smallest absolute Gasteiger partial charge is 0.243 e. The van der Waals surface area contributed by atoms with Crippen molar-refractivity contribution in [3.8, 4) is 0 Å². The Bertz CT molecular complexity index is 613. The van der Waals surface area contributed by atoms with Gasteiger partial charge >= 0.3 is 0 Å². The van der Waals surface area contributed by atoms with Crippen molar-refractivity contribution in [1.29, 1.82) is 0 Å². The summed E-state index contributed by atoms with van der Waals surface area (Å²) in [5, 5.41) is 0. The van der Waals surface area contributed by atoms with Crippen LogP contribution in [0.5, 0.6) is 0 Å². The number of carbonyl (C=O) groups is 1. The van der Waals surface area contributed by atoms with E-state index in [-0.39, 0.29) is 13.1 Å². The average Bonchev–Trinajstić information content (AvgIpc) is 2.37. The van der Waals surface area contributed by atoms with Crippen LogP contribution in [0.25, 0.3) is 0 Å². The maximum atomic E-state index is 13.1. The summed E-state index contributed by atoms with van der Waals surface area (Å²) in [6.07, 6.45) is 0.990. The van der Waals surface area contributed by atoms with Gasteiger partial charge in [0.2, 0.25) is 15.9 Å². The Morgan fingerprint density at radius 3 is 2.40 bits per heavy atom. The Kier molecular flexibility index (Phi) is 4.05. The van der Waals surface area contributed by atoms with E-state index in [1.807, 2.05) is 0 Å². The molecule has 1 fully saturated rings. The van der Waals surface area contributed by atoms with Crippen molar-refractivity contribution in [2.24, 2.45) is 11.7 Å². The fraction of sp³-hybridized carbons (Fsp3) is 0.417. The highest BCUT2D eigenvalue weighted by atomic mass is 32.2. The van der Waals surface area contributed by atoms with Crippen LogP contribution < -0.4 is 5.73 Å². The summed E-state index contributed by atoms with van der Waals surface area (Å²) in [6.45, 7) is 0.139. The minimum Gasteiger partial charge on any atom is -0.369 e. The molecular weight excluding hydrogens is 290 g/mol. The largest absolute Gasteiger partial charge is 0.369 e. The molecule has 2 N–H and O–H groups in total. The fourth-order valence-corrected chi connectivity index (χ4v) is 3.79. The van der Waals surface area contributed by atoms with Crippen molar-refractivity contribution in [2.75, 3.05) is 13.1 Å². The monoisotopic (exact) mass is 304 g/mol. The third-order valence-corrected chi connectivity index (χ3v) is 5.10. The molecule has 0 unspecified atom stereocenters. The lowest BCUT2D eigenvalue weighted by Gasteiger charge is -2.30. The molecule has 110 valence electrons. The zero-order valence-electron chi connectivity index (χ0n) is 10.6. The van der Waals surface area contributed by atoms with E-state index < -0.39 is 38.4 Å². The van der Waals surface area contributed by atoms with Crippen LogP contribution in [0.4, 0.5) is 8.78 Å². The first-order chi connectivity index (χ1) is 9.30. The second-order valence-corrected chi connectivity index (χ2v) is 6.65. The molecule has 1 heterocycles. The molecule has 1 aliphatic heterocycles. The van der Waals surface area contributed by atoms with Crippen molar-refractivity contribution in [3.63, 3.8) is 0 Å². The molecule has 20 heavy (non-hydrogen) atoms. The van der Waals surface area contributed by atoms with Crippen LogP contribution in [0.3, 0.4) is 0 Å². The molecule has 1 saturated heterocycles. The number of sulfonamides is 1. The van der Waals surface area contributed by atoms with Crippen LogP contribution in [-0.2, 0) is 14.8 Å². The summed E-state index contributed by atoms with van der Waals surface area (Å²) in [5.74, 6) is -3.08. The highest BCUT2D eigenvalue weighted by molar-refractivity contribution is 7.89. The summed E-state index contributed by atoms with van der Waals surface area (Å²) in [4.78, 5) is 10.7. The number of halogens is 2. The van der Waals surface area contributed by atoms with Crippen LogP contribution in [0.1, 0.15) is 12.8 Å². The zero-order valence-corrected chi connectivity index (χ0v) is 11.4. The Labute approximate surface area is 115 Å². The number of nitrogens with two attached hydrogens (primary N) is 1. The SMILES string of the molecule is NC(=O)[C@H]1CCCN(S(=O)(=O)c2cc(F)cc(F)c2)C1. The van der Waals surface area contributed by atoms with Crippen molar-refractivity contribution in [1.82, 2.24) is 4.31 Å². The van der Waals surface area contributed by atoms with Gasteiger partial charge in [-0.2, -0.15) is 4.31 Å². The van der Waals surface area contributed by atoms with E-state index in [0.29, 0.717) is 18.9 Å². The summed E-state index contributed by atoms with van der Waals surface area (Å²) < 4.78 is 51.9. The van der Waals surface area contributed by atoms with E-state index in [0.717, 1.165) is 16.4 Å². The van der Waals surface area contributed by atoms with E-state index >= 15 is 0 Å². The van der Waals surface area contributed by atoms with E-state index in [9.17, 15) is 22.0 Å². The molecule has 1 aromatic carbocycles. The van der Waals surface area contributed by atoms with Crippen LogP contribution in [0.2, 0.25) is 0 Å². The predicted octanol–water partition coefficient (Wildman–Crippen LogP) is 0.851. The maximum Gasteiger partial charge on any atom is 0.243 e. The van der Waals surface area contributed by atoms with Crippen LogP contribution in [-0.4, -0.2) is 31.7 Å². The first-order valence-corrected chi connectivity index (χ1v) is 7.50. The van der Waals surface area contributed by atoms with E-state index in [2.05, 4.69) is 0 Å². The number of primary amides is 1. The highest BCUT2D eigenvalue weighted by Crippen LogP contribution is 2.24. The van der Waals surface area contributed by atoms with Crippen molar-refractivity contribution in [2.45, 2.75) is 17.7 Å². The van der Waals surface area contributed by atoms with Gasteiger partial charge in [-0.3, -0.25) is 4.79 Å². The summed E-state index contributed by atoms with van der Waals surface area (Å²) in [5.41, 5.74) is 5.18. The van der Waals surface area contributed by atoms with Gasteiger partial charge in [-0.25, -0.2) is 17.2 Å². The molecule has 0 aromatic heterocycles. The van der Waals surface area contributed by atoms with Gasteiger partial charge in [-0.1, -0.05) is 0 Å². The summed E-state index contributed by atoms with van der Waals surface area (Å²) in [7, 11) is -4.03. The average molecular weight is 304 g/mol. The lowest BCUT2D eigenvalue weighted by molar-refractivity contribution is -0.122. The minimum atomic E-state index is -4.03. The topological polar surface area (TPSA) is 80.5 Å². The number of nitrogens with zero attached hydrogens (tertiary/aromatic N) is 1. The van der Waals surface area contributed by atoms with E-state index in [4.69, 9.17) is 5.73 Å². The van der Waals surface area contributed by atoms with Crippen LogP contribution in [0.15, 0.2) is 23.1 Å².